The summed E-state index contributed by atoms with van der Waals surface area (Å²) in [7, 11) is 2.23. The molecule has 2 atom stereocenters. The number of anilines is 2. The number of nitrogens with two attached hydrogens (primary N) is 2. The molecule has 0 aromatic heterocycles. The lowest BCUT2D eigenvalue weighted by Crippen LogP contribution is -2.36. The molecule has 2 saturated heterocycles. The van der Waals surface area contributed by atoms with E-state index in [9.17, 15) is 4.79 Å². The van der Waals surface area contributed by atoms with Crippen LogP contribution in [0.4, 0.5) is 11.4 Å². The van der Waals surface area contributed by atoms with Gasteiger partial charge in [-0.1, -0.05) is 0 Å². The minimum atomic E-state index is -0.460. The molecule has 0 spiro atoms. The van der Waals surface area contributed by atoms with Crippen molar-refractivity contribution in [3.05, 3.63) is 23.8 Å². The summed E-state index contributed by atoms with van der Waals surface area (Å²) in [4.78, 5) is 16.3. The maximum atomic E-state index is 11.4. The van der Waals surface area contributed by atoms with Crippen LogP contribution in [0.25, 0.3) is 0 Å². The number of benzene rings is 1. The van der Waals surface area contributed by atoms with Gasteiger partial charge in [-0.05, 0) is 44.5 Å². The first-order chi connectivity index (χ1) is 9.56. The SMILES string of the molecule is CN1C2CCC1CN(c1ccc(N)c(C(N)=O)c1)CC2. The molecule has 0 radical (unpaired) electrons. The molecule has 108 valence electrons. The van der Waals surface area contributed by atoms with E-state index in [1.807, 2.05) is 12.1 Å². The maximum Gasteiger partial charge on any atom is 0.250 e. The van der Waals surface area contributed by atoms with Crippen molar-refractivity contribution in [2.45, 2.75) is 31.3 Å². The van der Waals surface area contributed by atoms with Crippen LogP contribution in [0.1, 0.15) is 29.6 Å². The molecule has 5 heteroatoms. The third kappa shape index (κ3) is 2.22. The summed E-state index contributed by atoms with van der Waals surface area (Å²) in [5, 5.41) is 0. The van der Waals surface area contributed by atoms with Crippen LogP contribution >= 0.6 is 0 Å². The summed E-state index contributed by atoms with van der Waals surface area (Å²) in [5.74, 6) is -0.460. The van der Waals surface area contributed by atoms with E-state index in [4.69, 9.17) is 11.5 Å². The van der Waals surface area contributed by atoms with Crippen LogP contribution in [0.2, 0.25) is 0 Å². The molecule has 2 heterocycles. The fraction of sp³-hybridized carbons (Fsp3) is 0.533. The molecule has 0 saturated carbocycles. The Morgan fingerprint density at radius 3 is 2.75 bits per heavy atom. The van der Waals surface area contributed by atoms with E-state index in [1.165, 1.54) is 19.3 Å². The van der Waals surface area contributed by atoms with E-state index in [1.54, 1.807) is 6.07 Å². The Morgan fingerprint density at radius 2 is 2.00 bits per heavy atom. The van der Waals surface area contributed by atoms with E-state index < -0.39 is 5.91 Å². The first-order valence-corrected chi connectivity index (χ1v) is 7.22. The lowest BCUT2D eigenvalue weighted by atomic mass is 10.1. The molecule has 4 N–H and O–H groups in total. The number of nitrogens with zero attached hydrogens (tertiary/aromatic N) is 2. The molecule has 2 unspecified atom stereocenters. The van der Waals surface area contributed by atoms with Gasteiger partial charge in [0.2, 0.25) is 0 Å². The highest BCUT2D eigenvalue weighted by molar-refractivity contribution is 5.99. The standard InChI is InChI=1S/C15H22N4O/c1-18-10-2-3-12(18)9-19(7-6-10)11-4-5-14(16)13(8-11)15(17)20/h4-5,8,10,12H,2-3,6-7,9,16H2,1H3,(H2,17,20). The zero-order valence-corrected chi connectivity index (χ0v) is 11.9. The van der Waals surface area contributed by atoms with Crippen LogP contribution in [0.5, 0.6) is 0 Å². The molecule has 0 aliphatic carbocycles. The summed E-state index contributed by atoms with van der Waals surface area (Å²) in [6, 6.07) is 6.91. The Balaban J connectivity index is 1.86. The minimum Gasteiger partial charge on any atom is -0.398 e. The number of rotatable bonds is 2. The van der Waals surface area contributed by atoms with Crippen molar-refractivity contribution in [3.63, 3.8) is 0 Å². The fourth-order valence-corrected chi connectivity index (χ4v) is 3.50. The number of carbonyl (C=O) groups is 1. The van der Waals surface area contributed by atoms with Crippen LogP contribution in [-0.4, -0.2) is 43.0 Å². The van der Waals surface area contributed by atoms with E-state index in [-0.39, 0.29) is 0 Å². The van der Waals surface area contributed by atoms with E-state index >= 15 is 0 Å². The molecule has 2 fully saturated rings. The number of carbonyl (C=O) groups excluding carboxylic acids is 1. The summed E-state index contributed by atoms with van der Waals surface area (Å²) < 4.78 is 0. The van der Waals surface area contributed by atoms with Crippen LogP contribution in [0.15, 0.2) is 18.2 Å². The molecule has 1 amide bonds. The zero-order valence-electron chi connectivity index (χ0n) is 11.9. The predicted molar refractivity (Wildman–Crippen MR) is 80.8 cm³/mol. The van der Waals surface area contributed by atoms with Gasteiger partial charge in [-0.25, -0.2) is 0 Å². The molecule has 2 bridgehead atoms. The number of amides is 1. The highest BCUT2D eigenvalue weighted by Gasteiger charge is 2.34. The molecule has 1 aromatic carbocycles. The molecule has 1 aromatic rings. The average Bonchev–Trinajstić information content (AvgIpc) is 2.64. The summed E-state index contributed by atoms with van der Waals surface area (Å²) in [5.41, 5.74) is 13.1. The lowest BCUT2D eigenvalue weighted by Gasteiger charge is -2.28. The van der Waals surface area contributed by atoms with Crippen molar-refractivity contribution in [2.75, 3.05) is 30.8 Å². The van der Waals surface area contributed by atoms with Crippen LogP contribution in [-0.2, 0) is 0 Å². The second kappa shape index (κ2) is 4.98. The normalized spacial score (nSPS) is 26.6. The number of hydrogen-bond donors (Lipinski definition) is 2. The van der Waals surface area contributed by atoms with Gasteiger partial charge in [0, 0.05) is 36.5 Å². The Labute approximate surface area is 119 Å². The van der Waals surface area contributed by atoms with Gasteiger partial charge in [0.15, 0.2) is 0 Å². The van der Waals surface area contributed by atoms with Gasteiger partial charge >= 0.3 is 0 Å². The summed E-state index contributed by atoms with van der Waals surface area (Å²) in [6.45, 7) is 2.03. The molecule has 3 rings (SSSR count). The third-order valence-corrected chi connectivity index (χ3v) is 4.82. The maximum absolute atomic E-state index is 11.4. The molecule has 5 nitrogen and oxygen atoms in total. The van der Waals surface area contributed by atoms with Gasteiger partial charge < -0.3 is 16.4 Å². The molecule has 2 aliphatic rings. The largest absolute Gasteiger partial charge is 0.398 e. The molecular formula is C15H22N4O. The van der Waals surface area contributed by atoms with Crippen LogP contribution < -0.4 is 16.4 Å². The number of primary amides is 1. The number of likely N-dealkylation sites (N-methyl/N-ethyl adjacent to an activating group) is 1. The Kier molecular flexibility index (Phi) is 3.30. The minimum absolute atomic E-state index is 0.422. The predicted octanol–water partition coefficient (Wildman–Crippen LogP) is 1.04. The smallest absolute Gasteiger partial charge is 0.250 e. The van der Waals surface area contributed by atoms with Crippen molar-refractivity contribution in [3.8, 4) is 0 Å². The number of hydrogen-bond acceptors (Lipinski definition) is 4. The molecule has 20 heavy (non-hydrogen) atoms. The lowest BCUT2D eigenvalue weighted by molar-refractivity contribution is 0.100. The van der Waals surface area contributed by atoms with Crippen molar-refractivity contribution in [1.82, 2.24) is 4.90 Å². The van der Waals surface area contributed by atoms with Crippen LogP contribution in [0.3, 0.4) is 0 Å². The van der Waals surface area contributed by atoms with Crippen molar-refractivity contribution in [2.24, 2.45) is 5.73 Å². The number of fused-ring (bicyclic) bond motifs is 2. The van der Waals surface area contributed by atoms with E-state index in [0.717, 1.165) is 18.8 Å². The number of nitrogen functional groups attached to an aromatic ring is 1. The Hall–Kier alpha value is -1.75. The van der Waals surface area contributed by atoms with E-state index in [2.05, 4.69) is 16.8 Å². The third-order valence-electron chi connectivity index (χ3n) is 4.82. The quantitative estimate of drug-likeness (QED) is 0.790. The molecular weight excluding hydrogens is 252 g/mol. The first kappa shape index (κ1) is 13.2. The summed E-state index contributed by atoms with van der Waals surface area (Å²) in [6.07, 6.45) is 3.74. The van der Waals surface area contributed by atoms with Gasteiger partial charge in [-0.15, -0.1) is 0 Å². The highest BCUT2D eigenvalue weighted by atomic mass is 16.1. The van der Waals surface area contributed by atoms with Crippen LogP contribution in [0, 0.1) is 0 Å². The Bertz CT molecular complexity index is 531. The van der Waals surface area contributed by atoms with Crippen molar-refractivity contribution >= 4 is 17.3 Å². The summed E-state index contributed by atoms with van der Waals surface area (Å²) >= 11 is 0. The Morgan fingerprint density at radius 1 is 1.25 bits per heavy atom. The van der Waals surface area contributed by atoms with Gasteiger partial charge in [-0.2, -0.15) is 0 Å². The van der Waals surface area contributed by atoms with Gasteiger partial charge in [0.25, 0.3) is 5.91 Å². The first-order valence-electron chi connectivity index (χ1n) is 7.22. The fourth-order valence-electron chi connectivity index (χ4n) is 3.50. The second-order valence-corrected chi connectivity index (χ2v) is 5.92. The topological polar surface area (TPSA) is 75.6 Å². The second-order valence-electron chi connectivity index (χ2n) is 5.92. The molecule has 2 aliphatic heterocycles. The monoisotopic (exact) mass is 274 g/mol. The van der Waals surface area contributed by atoms with Crippen molar-refractivity contribution in [1.29, 1.82) is 0 Å². The zero-order chi connectivity index (χ0) is 14.3. The van der Waals surface area contributed by atoms with Gasteiger partial charge in [0.1, 0.15) is 0 Å². The highest BCUT2D eigenvalue weighted by Crippen LogP contribution is 2.31. The van der Waals surface area contributed by atoms with E-state index in [0.29, 0.717) is 23.3 Å². The van der Waals surface area contributed by atoms with Gasteiger partial charge in [0.05, 0.1) is 5.56 Å². The van der Waals surface area contributed by atoms with Gasteiger partial charge in [-0.3, -0.25) is 9.69 Å². The van der Waals surface area contributed by atoms with Crippen molar-refractivity contribution < 1.29 is 4.79 Å². The average molecular weight is 274 g/mol.